The van der Waals surface area contributed by atoms with Crippen LogP contribution in [0.5, 0.6) is 0 Å². The second-order valence-corrected chi connectivity index (χ2v) is 6.38. The second kappa shape index (κ2) is 6.30. The summed E-state index contributed by atoms with van der Waals surface area (Å²) < 4.78 is 10.9. The molecule has 22 heavy (non-hydrogen) atoms. The Morgan fingerprint density at radius 1 is 1.45 bits per heavy atom. The van der Waals surface area contributed by atoms with Crippen molar-refractivity contribution in [3.05, 3.63) is 23.2 Å². The fraction of sp³-hybridized carbons (Fsp3) is 0.688. The van der Waals surface area contributed by atoms with Crippen LogP contribution in [0.15, 0.2) is 10.5 Å². The van der Waals surface area contributed by atoms with Gasteiger partial charge in [0.1, 0.15) is 17.1 Å². The minimum Gasteiger partial charge on any atom is -0.466 e. The highest BCUT2D eigenvalue weighted by Crippen LogP contribution is 2.34. The topological polar surface area (TPSA) is 83.7 Å². The maximum atomic E-state index is 11.9. The Morgan fingerprint density at radius 2 is 2.14 bits per heavy atom. The summed E-state index contributed by atoms with van der Waals surface area (Å²) in [5.74, 6) is 1.40. The third-order valence-electron chi connectivity index (χ3n) is 4.48. The molecule has 1 unspecified atom stereocenters. The Morgan fingerprint density at radius 3 is 2.59 bits per heavy atom. The van der Waals surface area contributed by atoms with Gasteiger partial charge in [-0.25, -0.2) is 4.79 Å². The predicted molar refractivity (Wildman–Crippen MR) is 82.7 cm³/mol. The van der Waals surface area contributed by atoms with E-state index in [1.165, 1.54) is 0 Å². The van der Waals surface area contributed by atoms with Crippen molar-refractivity contribution in [3.8, 4) is 0 Å². The summed E-state index contributed by atoms with van der Waals surface area (Å²) in [5, 5.41) is 16.0. The first-order valence-electron chi connectivity index (χ1n) is 7.65. The molecule has 0 spiro atoms. The fourth-order valence-electron chi connectivity index (χ4n) is 2.84. The maximum absolute atomic E-state index is 11.9. The van der Waals surface area contributed by atoms with E-state index in [1.54, 1.807) is 27.0 Å². The monoisotopic (exact) mass is 310 g/mol. The molecule has 1 atom stereocenters. The molecule has 1 aromatic rings. The lowest BCUT2D eigenvalue weighted by Gasteiger charge is -2.40. The number of urea groups is 1. The van der Waals surface area contributed by atoms with Crippen LogP contribution in [0, 0.1) is 13.8 Å². The van der Waals surface area contributed by atoms with Crippen LogP contribution in [0.2, 0.25) is 0 Å². The first kappa shape index (κ1) is 16.8. The average molecular weight is 310 g/mol. The number of carbonyl (C=O) groups is 1. The third kappa shape index (κ3) is 3.62. The van der Waals surface area contributed by atoms with E-state index in [2.05, 4.69) is 10.6 Å². The lowest BCUT2D eigenvalue weighted by atomic mass is 9.80. The summed E-state index contributed by atoms with van der Waals surface area (Å²) in [6.45, 7) is 5.89. The van der Waals surface area contributed by atoms with Crippen molar-refractivity contribution in [2.45, 2.75) is 51.2 Å². The molecule has 2 amide bonds. The van der Waals surface area contributed by atoms with Crippen molar-refractivity contribution in [1.29, 1.82) is 0 Å². The Balaban J connectivity index is 1.83. The molecule has 1 aliphatic rings. The van der Waals surface area contributed by atoms with Gasteiger partial charge in [0, 0.05) is 19.2 Å². The largest absolute Gasteiger partial charge is 0.466 e. The molecule has 0 radical (unpaired) electrons. The molecule has 2 rings (SSSR count). The standard InChI is InChI=1S/C16H26N2O4/c1-11-8-13(12(2)22-11)15(3,20)9-17-14(19)18-10-16(21-4)6-5-7-16/h8,20H,5-7,9-10H2,1-4H3,(H2,17,18,19). The van der Waals surface area contributed by atoms with E-state index in [4.69, 9.17) is 9.15 Å². The van der Waals surface area contributed by atoms with Gasteiger partial charge >= 0.3 is 6.03 Å². The SMILES string of the molecule is COC1(CNC(=O)NCC(C)(O)c2cc(C)oc2C)CCC1. The van der Waals surface area contributed by atoms with Gasteiger partial charge in [0.25, 0.3) is 0 Å². The number of rotatable bonds is 6. The minimum atomic E-state index is -1.17. The highest BCUT2D eigenvalue weighted by atomic mass is 16.5. The van der Waals surface area contributed by atoms with Gasteiger partial charge in [-0.05, 0) is 46.1 Å². The van der Waals surface area contributed by atoms with Crippen LogP contribution < -0.4 is 10.6 Å². The Labute approximate surface area is 131 Å². The predicted octanol–water partition coefficient (Wildman–Crippen LogP) is 1.97. The van der Waals surface area contributed by atoms with Gasteiger partial charge in [-0.1, -0.05) is 0 Å². The number of ether oxygens (including phenoxy) is 1. The third-order valence-corrected chi connectivity index (χ3v) is 4.48. The first-order chi connectivity index (χ1) is 10.3. The Hall–Kier alpha value is -1.53. The van der Waals surface area contributed by atoms with E-state index in [9.17, 15) is 9.90 Å². The molecular formula is C16H26N2O4. The number of hydrogen-bond acceptors (Lipinski definition) is 4. The van der Waals surface area contributed by atoms with E-state index < -0.39 is 5.60 Å². The van der Waals surface area contributed by atoms with Crippen LogP contribution in [0.3, 0.4) is 0 Å². The van der Waals surface area contributed by atoms with Gasteiger partial charge < -0.3 is 24.9 Å². The van der Waals surface area contributed by atoms with Crippen LogP contribution in [0.4, 0.5) is 4.79 Å². The molecule has 0 aliphatic heterocycles. The van der Waals surface area contributed by atoms with Crippen LogP contribution in [-0.4, -0.2) is 36.9 Å². The molecule has 0 saturated heterocycles. The number of methoxy groups -OCH3 is 1. The molecule has 6 nitrogen and oxygen atoms in total. The lowest BCUT2D eigenvalue weighted by Crippen LogP contribution is -2.52. The van der Waals surface area contributed by atoms with Crippen LogP contribution in [0.25, 0.3) is 0 Å². The zero-order chi connectivity index (χ0) is 16.4. The number of aryl methyl sites for hydroxylation is 2. The van der Waals surface area contributed by atoms with Crippen molar-refractivity contribution in [2.24, 2.45) is 0 Å². The van der Waals surface area contributed by atoms with Gasteiger partial charge in [0.05, 0.1) is 12.1 Å². The fourth-order valence-corrected chi connectivity index (χ4v) is 2.84. The zero-order valence-corrected chi connectivity index (χ0v) is 13.8. The Kier molecular flexibility index (Phi) is 4.82. The van der Waals surface area contributed by atoms with Gasteiger partial charge in [0.15, 0.2) is 0 Å². The van der Waals surface area contributed by atoms with Gasteiger partial charge in [0.2, 0.25) is 0 Å². The summed E-state index contributed by atoms with van der Waals surface area (Å²) in [6, 6.07) is 1.49. The van der Waals surface area contributed by atoms with Crippen molar-refractivity contribution >= 4 is 6.03 Å². The number of hydrogen-bond donors (Lipinski definition) is 3. The van der Waals surface area contributed by atoms with Crippen LogP contribution >= 0.6 is 0 Å². The highest BCUT2D eigenvalue weighted by molar-refractivity contribution is 5.74. The smallest absolute Gasteiger partial charge is 0.315 e. The van der Waals surface area contributed by atoms with E-state index >= 15 is 0 Å². The quantitative estimate of drug-likeness (QED) is 0.750. The molecule has 1 aromatic heterocycles. The molecular weight excluding hydrogens is 284 g/mol. The Bertz CT molecular complexity index is 527. The minimum absolute atomic E-state index is 0.110. The van der Waals surface area contributed by atoms with E-state index in [0.717, 1.165) is 25.0 Å². The normalized spacial score (nSPS) is 19.1. The van der Waals surface area contributed by atoms with Crippen molar-refractivity contribution in [3.63, 3.8) is 0 Å². The van der Waals surface area contributed by atoms with Crippen LogP contribution in [0.1, 0.15) is 43.3 Å². The average Bonchev–Trinajstić information content (AvgIpc) is 2.76. The van der Waals surface area contributed by atoms with E-state index in [1.807, 2.05) is 6.92 Å². The van der Waals surface area contributed by atoms with Crippen molar-refractivity contribution in [1.82, 2.24) is 10.6 Å². The number of aliphatic hydroxyl groups is 1. The molecule has 0 aromatic carbocycles. The molecule has 124 valence electrons. The zero-order valence-electron chi connectivity index (χ0n) is 13.8. The molecule has 1 saturated carbocycles. The summed E-state index contributed by atoms with van der Waals surface area (Å²) in [5.41, 5.74) is -0.690. The summed E-state index contributed by atoms with van der Waals surface area (Å²) >= 11 is 0. The van der Waals surface area contributed by atoms with Gasteiger partial charge in [-0.3, -0.25) is 0 Å². The van der Waals surface area contributed by atoms with Crippen LogP contribution in [-0.2, 0) is 10.3 Å². The number of carbonyl (C=O) groups excluding carboxylic acids is 1. The lowest BCUT2D eigenvalue weighted by molar-refractivity contribution is -0.0674. The summed E-state index contributed by atoms with van der Waals surface area (Å²) in [4.78, 5) is 11.9. The summed E-state index contributed by atoms with van der Waals surface area (Å²) in [6.07, 6.45) is 3.06. The number of amides is 2. The first-order valence-corrected chi connectivity index (χ1v) is 7.65. The molecule has 0 bridgehead atoms. The summed E-state index contributed by atoms with van der Waals surface area (Å²) in [7, 11) is 1.67. The van der Waals surface area contributed by atoms with Gasteiger partial charge in [-0.15, -0.1) is 0 Å². The van der Waals surface area contributed by atoms with E-state index in [-0.39, 0.29) is 18.2 Å². The second-order valence-electron chi connectivity index (χ2n) is 6.38. The number of nitrogens with one attached hydrogen (secondary N) is 2. The molecule has 1 aliphatic carbocycles. The number of furan rings is 1. The molecule has 1 heterocycles. The molecule has 3 N–H and O–H groups in total. The van der Waals surface area contributed by atoms with Crippen molar-refractivity contribution < 1.29 is 19.1 Å². The van der Waals surface area contributed by atoms with E-state index in [0.29, 0.717) is 17.9 Å². The highest BCUT2D eigenvalue weighted by Gasteiger charge is 2.37. The molecule has 1 fully saturated rings. The maximum Gasteiger partial charge on any atom is 0.315 e. The molecule has 6 heteroatoms. The van der Waals surface area contributed by atoms with Crippen molar-refractivity contribution in [2.75, 3.05) is 20.2 Å². The van der Waals surface area contributed by atoms with Gasteiger partial charge in [-0.2, -0.15) is 0 Å².